The molecule has 1 saturated heterocycles. The number of aliphatic hydroxyl groups excluding tert-OH is 1. The second-order valence-corrected chi connectivity index (χ2v) is 12.6. The molecule has 1 unspecified atom stereocenters. The number of hydrogen-bond donors (Lipinski definition) is 1. The highest BCUT2D eigenvalue weighted by atomic mass is 16.5. The van der Waals surface area contributed by atoms with Crippen molar-refractivity contribution < 1.29 is 14.4 Å². The third kappa shape index (κ3) is 5.87. The Kier molecular flexibility index (Phi) is 7.74. The molecule has 2 heterocycles. The highest BCUT2D eigenvalue weighted by molar-refractivity contribution is 5.60. The van der Waals surface area contributed by atoms with Gasteiger partial charge in [-0.3, -0.25) is 0 Å². The molecule has 0 amide bonds. The standard InChI is InChI=1S/C29H47N3O3/c1-28(34-19-23-6-7-23)15-10-24-26(30-35-27(24)25(28)18-31(2)3)9-8-22-11-16-32(17-12-22)20-29(21-33)13-4-5-14-29/h10,22-23,33H,4-9,11-21H2,1-3H3. The summed E-state index contributed by atoms with van der Waals surface area (Å²) in [5, 5.41) is 15.8. The van der Waals surface area contributed by atoms with E-state index in [0.29, 0.717) is 6.61 Å². The maximum absolute atomic E-state index is 9.98. The summed E-state index contributed by atoms with van der Waals surface area (Å²) in [6.45, 7) is 7.72. The van der Waals surface area contributed by atoms with Gasteiger partial charge in [-0.25, -0.2) is 0 Å². The summed E-state index contributed by atoms with van der Waals surface area (Å²) in [6.07, 6.45) is 15.5. The van der Waals surface area contributed by atoms with Gasteiger partial charge in [0.1, 0.15) is 0 Å². The first-order chi connectivity index (χ1) is 16.9. The molecule has 3 fully saturated rings. The van der Waals surface area contributed by atoms with Crippen molar-refractivity contribution in [1.29, 1.82) is 0 Å². The van der Waals surface area contributed by atoms with Crippen molar-refractivity contribution in [3.8, 4) is 0 Å². The first-order valence-electron chi connectivity index (χ1n) is 14.2. The Bertz CT molecular complexity index is 968. The van der Waals surface area contributed by atoms with Crippen LogP contribution in [-0.4, -0.2) is 79.2 Å². The van der Waals surface area contributed by atoms with Crippen molar-refractivity contribution in [2.75, 3.05) is 53.5 Å². The lowest BCUT2D eigenvalue weighted by molar-refractivity contribution is 0.00599. The van der Waals surface area contributed by atoms with E-state index in [1.807, 2.05) is 0 Å². The van der Waals surface area contributed by atoms with Crippen molar-refractivity contribution in [3.05, 3.63) is 16.3 Å². The van der Waals surface area contributed by atoms with E-state index < -0.39 is 0 Å². The Labute approximate surface area is 211 Å². The van der Waals surface area contributed by atoms with Gasteiger partial charge in [-0.2, -0.15) is 0 Å². The number of fused-ring (bicyclic) bond motifs is 1. The Morgan fingerprint density at radius 2 is 1.89 bits per heavy atom. The Balaban J connectivity index is 1.20. The summed E-state index contributed by atoms with van der Waals surface area (Å²) in [5.41, 5.74) is 3.22. The molecule has 6 nitrogen and oxygen atoms in total. The number of likely N-dealkylation sites (tertiary alicyclic amines) is 1. The summed E-state index contributed by atoms with van der Waals surface area (Å²) >= 11 is 0. The zero-order valence-corrected chi connectivity index (χ0v) is 22.4. The maximum atomic E-state index is 9.98. The van der Waals surface area contributed by atoms with E-state index in [1.165, 1.54) is 81.7 Å². The van der Waals surface area contributed by atoms with Gasteiger partial charge in [-0.15, -0.1) is 0 Å². The average Bonchev–Trinajstić information content (AvgIpc) is 3.42. The minimum atomic E-state index is -0.297. The van der Waals surface area contributed by atoms with E-state index in [0.717, 1.165) is 55.5 Å². The van der Waals surface area contributed by atoms with Crippen LogP contribution in [0, 0.1) is 17.3 Å². The van der Waals surface area contributed by atoms with Crippen LogP contribution in [0.5, 0.6) is 0 Å². The molecule has 0 spiro atoms. The predicted molar refractivity (Wildman–Crippen MR) is 139 cm³/mol. The van der Waals surface area contributed by atoms with Crippen LogP contribution in [0.2, 0.25) is 0 Å². The molecule has 2 saturated carbocycles. The molecule has 1 aromatic rings. The van der Waals surface area contributed by atoms with Crippen LogP contribution in [-0.2, 0) is 11.2 Å². The van der Waals surface area contributed by atoms with E-state index in [-0.39, 0.29) is 11.0 Å². The minimum Gasteiger partial charge on any atom is -0.396 e. The van der Waals surface area contributed by atoms with Crippen molar-refractivity contribution in [2.24, 2.45) is 17.3 Å². The van der Waals surface area contributed by atoms with Gasteiger partial charge in [0.2, 0.25) is 0 Å². The fourth-order valence-corrected chi connectivity index (χ4v) is 6.63. The third-order valence-electron chi connectivity index (χ3n) is 9.27. The summed E-state index contributed by atoms with van der Waals surface area (Å²) in [6, 6.07) is 0. The topological polar surface area (TPSA) is 62.0 Å². The summed E-state index contributed by atoms with van der Waals surface area (Å²) in [4.78, 5) is 4.83. The minimum absolute atomic E-state index is 0.181. The SMILES string of the molecule is CN(C)CC1=c2onc(CCC3CCN(CC4(CO)CCCC4)CC3)c2=CCC1(C)OCC1CC1. The molecule has 4 aliphatic rings. The van der Waals surface area contributed by atoms with Crippen molar-refractivity contribution in [2.45, 2.75) is 83.2 Å². The quantitative estimate of drug-likeness (QED) is 0.520. The van der Waals surface area contributed by atoms with E-state index in [9.17, 15) is 5.11 Å². The molecule has 35 heavy (non-hydrogen) atoms. The molecule has 0 bridgehead atoms. The molecule has 0 radical (unpaired) electrons. The lowest BCUT2D eigenvalue weighted by Gasteiger charge is -2.38. The van der Waals surface area contributed by atoms with Gasteiger partial charge < -0.3 is 24.2 Å². The zero-order chi connectivity index (χ0) is 24.5. The first kappa shape index (κ1) is 25.4. The molecule has 6 heteroatoms. The number of ether oxygens (including phenoxy) is 1. The largest absolute Gasteiger partial charge is 0.396 e. The van der Waals surface area contributed by atoms with Gasteiger partial charge >= 0.3 is 0 Å². The Morgan fingerprint density at radius 1 is 1.14 bits per heavy atom. The number of piperidine rings is 1. The summed E-state index contributed by atoms with van der Waals surface area (Å²) < 4.78 is 12.5. The van der Waals surface area contributed by atoms with Crippen LogP contribution in [0.4, 0.5) is 0 Å². The van der Waals surface area contributed by atoms with Crippen molar-refractivity contribution in [1.82, 2.24) is 15.0 Å². The van der Waals surface area contributed by atoms with Crippen molar-refractivity contribution >= 4 is 11.6 Å². The lowest BCUT2D eigenvalue weighted by Crippen LogP contribution is -2.45. The van der Waals surface area contributed by atoms with E-state index in [4.69, 9.17) is 9.26 Å². The zero-order valence-electron chi connectivity index (χ0n) is 22.4. The molecule has 1 N–H and O–H groups in total. The number of nitrogens with zero attached hydrogens (tertiary/aromatic N) is 3. The van der Waals surface area contributed by atoms with Crippen LogP contribution in [0.15, 0.2) is 4.52 Å². The fraction of sp³-hybridized carbons (Fsp3) is 0.828. The average molecular weight is 486 g/mol. The molecule has 3 aliphatic carbocycles. The number of rotatable bonds is 11. The van der Waals surface area contributed by atoms with Gasteiger partial charge in [0.05, 0.1) is 17.9 Å². The normalized spacial score (nSPS) is 27.4. The second kappa shape index (κ2) is 10.6. The van der Waals surface area contributed by atoms with Gasteiger partial charge in [-0.05, 0) is 104 Å². The van der Waals surface area contributed by atoms with Gasteiger partial charge in [0.25, 0.3) is 0 Å². The van der Waals surface area contributed by atoms with Crippen LogP contribution < -0.4 is 10.6 Å². The molecular weight excluding hydrogens is 438 g/mol. The molecule has 5 rings (SSSR count). The van der Waals surface area contributed by atoms with Gasteiger partial charge in [0.15, 0.2) is 5.42 Å². The van der Waals surface area contributed by atoms with Crippen LogP contribution in [0.25, 0.3) is 11.6 Å². The monoisotopic (exact) mass is 485 g/mol. The molecular formula is C29H47N3O3. The highest BCUT2D eigenvalue weighted by Crippen LogP contribution is 2.39. The molecule has 1 aromatic heterocycles. The van der Waals surface area contributed by atoms with E-state index in [1.54, 1.807) is 0 Å². The first-order valence-corrected chi connectivity index (χ1v) is 14.2. The van der Waals surface area contributed by atoms with Crippen LogP contribution in [0.3, 0.4) is 0 Å². The smallest absolute Gasteiger partial charge is 0.170 e. The van der Waals surface area contributed by atoms with E-state index in [2.05, 4.69) is 42.1 Å². The number of aromatic nitrogens is 1. The van der Waals surface area contributed by atoms with E-state index >= 15 is 0 Å². The molecule has 1 atom stereocenters. The molecule has 0 aromatic carbocycles. The highest BCUT2D eigenvalue weighted by Gasteiger charge is 2.37. The van der Waals surface area contributed by atoms with Crippen LogP contribution >= 0.6 is 0 Å². The maximum Gasteiger partial charge on any atom is 0.170 e. The Hall–Kier alpha value is -1.21. The lowest BCUT2D eigenvalue weighted by atomic mass is 9.84. The van der Waals surface area contributed by atoms with Crippen LogP contribution in [0.1, 0.15) is 76.8 Å². The molecule has 1 aliphatic heterocycles. The fourth-order valence-electron chi connectivity index (χ4n) is 6.63. The number of aliphatic hydroxyl groups is 1. The summed E-state index contributed by atoms with van der Waals surface area (Å²) in [5.74, 6) is 1.51. The van der Waals surface area contributed by atoms with Crippen molar-refractivity contribution in [3.63, 3.8) is 0 Å². The van der Waals surface area contributed by atoms with Gasteiger partial charge in [0, 0.05) is 35.9 Å². The summed E-state index contributed by atoms with van der Waals surface area (Å²) in [7, 11) is 4.23. The third-order valence-corrected chi connectivity index (χ3v) is 9.27. The molecule has 196 valence electrons. The number of hydrogen-bond acceptors (Lipinski definition) is 6. The predicted octanol–water partition coefficient (Wildman–Crippen LogP) is 2.95. The Morgan fingerprint density at radius 3 is 2.54 bits per heavy atom. The van der Waals surface area contributed by atoms with Gasteiger partial charge in [-0.1, -0.05) is 24.1 Å². The second-order valence-electron chi connectivity index (χ2n) is 12.6. The number of aryl methyl sites for hydroxylation is 1.